The molecule has 1 saturated carbocycles. The molecule has 6 heteroatoms. The highest BCUT2D eigenvalue weighted by atomic mass is 32.2. The second kappa shape index (κ2) is 6.92. The van der Waals surface area contributed by atoms with Gasteiger partial charge < -0.3 is 9.67 Å². The van der Waals surface area contributed by atoms with E-state index in [0.717, 1.165) is 30.5 Å². The average molecular weight is 296 g/mol. The van der Waals surface area contributed by atoms with Gasteiger partial charge in [-0.25, -0.2) is 0 Å². The van der Waals surface area contributed by atoms with Crippen LogP contribution in [-0.4, -0.2) is 26.4 Å². The Labute approximate surface area is 122 Å². The lowest BCUT2D eigenvalue weighted by Gasteiger charge is -2.30. The number of carbonyl (C=O) groups is 1. The highest BCUT2D eigenvalue weighted by Crippen LogP contribution is 2.35. The van der Waals surface area contributed by atoms with Gasteiger partial charge in [-0.05, 0) is 31.6 Å². The maximum Gasteiger partial charge on any atom is 0.313 e. The van der Waals surface area contributed by atoms with Crippen LogP contribution in [-0.2, 0) is 4.79 Å². The Bertz CT molecular complexity index is 521. The molecule has 1 aliphatic rings. The molecule has 0 radical (unpaired) electrons. The number of carboxylic acid groups (broad SMARTS) is 1. The van der Waals surface area contributed by atoms with Crippen molar-refractivity contribution in [1.82, 2.24) is 9.55 Å². The molecule has 1 N–H and O–H groups in total. The van der Waals surface area contributed by atoms with Gasteiger partial charge >= 0.3 is 5.97 Å². The summed E-state index contributed by atoms with van der Waals surface area (Å²) in [7, 11) is 0. The summed E-state index contributed by atoms with van der Waals surface area (Å²) in [5.74, 6) is -0.163. The Kier molecular flexibility index (Phi) is 5.23. The van der Waals surface area contributed by atoms with Crippen molar-refractivity contribution in [3.8, 4) is 0 Å². The summed E-state index contributed by atoms with van der Waals surface area (Å²) >= 11 is 1.12. The first-order chi connectivity index (χ1) is 9.60. The van der Waals surface area contributed by atoms with Crippen LogP contribution in [0.2, 0.25) is 0 Å². The second-order valence-electron chi connectivity index (χ2n) is 5.22. The minimum Gasteiger partial charge on any atom is -0.481 e. The molecule has 2 rings (SSSR count). The van der Waals surface area contributed by atoms with Gasteiger partial charge in [-0.2, -0.15) is 4.98 Å². The van der Waals surface area contributed by atoms with Crippen molar-refractivity contribution in [2.75, 3.05) is 5.75 Å². The molecule has 0 amide bonds. The van der Waals surface area contributed by atoms with E-state index in [1.165, 1.54) is 25.3 Å². The molecule has 0 aliphatic heterocycles. The molecule has 0 unspecified atom stereocenters. The fourth-order valence-corrected chi connectivity index (χ4v) is 3.51. The van der Waals surface area contributed by atoms with Crippen molar-refractivity contribution in [2.24, 2.45) is 5.92 Å². The number of carboxylic acids is 1. The molecule has 0 aromatic carbocycles. The maximum absolute atomic E-state index is 11.4. The lowest BCUT2D eigenvalue weighted by Crippen LogP contribution is -2.22. The summed E-state index contributed by atoms with van der Waals surface area (Å²) in [5, 5.41) is 9.30. The first-order valence-electron chi connectivity index (χ1n) is 7.04. The monoisotopic (exact) mass is 296 g/mol. The van der Waals surface area contributed by atoms with Gasteiger partial charge in [0, 0.05) is 18.3 Å². The summed E-state index contributed by atoms with van der Waals surface area (Å²) in [5.41, 5.74) is -0.309. The number of aliphatic carboxylic acids is 1. The smallest absolute Gasteiger partial charge is 0.313 e. The van der Waals surface area contributed by atoms with E-state index < -0.39 is 5.97 Å². The Hall–Kier alpha value is -1.30. The zero-order valence-electron chi connectivity index (χ0n) is 11.6. The van der Waals surface area contributed by atoms with Crippen molar-refractivity contribution in [2.45, 2.75) is 50.2 Å². The topological polar surface area (TPSA) is 72.2 Å². The van der Waals surface area contributed by atoms with Gasteiger partial charge in [0.1, 0.15) is 0 Å². The summed E-state index contributed by atoms with van der Waals surface area (Å²) in [6, 6.07) is 1.79. The van der Waals surface area contributed by atoms with Crippen LogP contribution in [0.5, 0.6) is 0 Å². The maximum atomic E-state index is 11.4. The minimum absolute atomic E-state index is 0.0687. The number of rotatable bonds is 5. The SMILES string of the molecule is CCC1CCC(n2ccc(=O)nc2SCC(=O)O)CC1. The van der Waals surface area contributed by atoms with Crippen LogP contribution in [0.3, 0.4) is 0 Å². The van der Waals surface area contributed by atoms with Gasteiger partial charge in [0.15, 0.2) is 5.16 Å². The Morgan fingerprint density at radius 1 is 1.45 bits per heavy atom. The fraction of sp³-hybridized carbons (Fsp3) is 0.643. The van der Waals surface area contributed by atoms with Crippen LogP contribution in [0.15, 0.2) is 22.2 Å². The zero-order chi connectivity index (χ0) is 14.5. The van der Waals surface area contributed by atoms with Gasteiger partial charge in [0.2, 0.25) is 0 Å². The van der Waals surface area contributed by atoms with E-state index in [0.29, 0.717) is 11.2 Å². The molecule has 0 bridgehead atoms. The van der Waals surface area contributed by atoms with E-state index in [9.17, 15) is 9.59 Å². The van der Waals surface area contributed by atoms with E-state index in [-0.39, 0.29) is 11.3 Å². The van der Waals surface area contributed by atoms with E-state index in [4.69, 9.17) is 5.11 Å². The lowest BCUT2D eigenvalue weighted by atomic mass is 9.84. The number of thioether (sulfide) groups is 1. The van der Waals surface area contributed by atoms with Crippen LogP contribution in [0.1, 0.15) is 45.1 Å². The third kappa shape index (κ3) is 3.85. The van der Waals surface area contributed by atoms with Crippen LogP contribution >= 0.6 is 11.8 Å². The molecular formula is C14H20N2O3S. The molecule has 0 spiro atoms. The molecule has 1 aromatic rings. The van der Waals surface area contributed by atoms with E-state index in [1.54, 1.807) is 6.20 Å². The molecular weight excluding hydrogens is 276 g/mol. The molecule has 5 nitrogen and oxygen atoms in total. The van der Waals surface area contributed by atoms with Gasteiger partial charge in [-0.15, -0.1) is 0 Å². The molecule has 1 heterocycles. The van der Waals surface area contributed by atoms with Crippen molar-refractivity contribution in [1.29, 1.82) is 0 Å². The average Bonchev–Trinajstić information content (AvgIpc) is 2.45. The Balaban J connectivity index is 2.14. The van der Waals surface area contributed by atoms with Crippen LogP contribution < -0.4 is 5.56 Å². The highest BCUT2D eigenvalue weighted by molar-refractivity contribution is 7.99. The predicted octanol–water partition coefficient (Wildman–Crippen LogP) is 2.56. The van der Waals surface area contributed by atoms with Gasteiger partial charge in [-0.1, -0.05) is 25.1 Å². The molecule has 1 aliphatic carbocycles. The summed E-state index contributed by atoms with van der Waals surface area (Å²) in [6.45, 7) is 2.22. The van der Waals surface area contributed by atoms with E-state index in [1.807, 2.05) is 4.57 Å². The first kappa shape index (κ1) is 15.1. The quantitative estimate of drug-likeness (QED) is 0.668. The minimum atomic E-state index is -0.894. The summed E-state index contributed by atoms with van der Waals surface area (Å²) < 4.78 is 1.99. The number of nitrogens with zero attached hydrogens (tertiary/aromatic N) is 2. The van der Waals surface area contributed by atoms with Gasteiger partial charge in [0.05, 0.1) is 5.75 Å². The number of hydrogen-bond acceptors (Lipinski definition) is 4. The van der Waals surface area contributed by atoms with E-state index >= 15 is 0 Å². The predicted molar refractivity (Wildman–Crippen MR) is 78.1 cm³/mol. The standard InChI is InChI=1S/C14H20N2O3S/c1-2-10-3-5-11(6-4-10)16-8-7-12(17)15-14(16)20-9-13(18)19/h7-8,10-11H,2-6,9H2,1H3,(H,18,19). The largest absolute Gasteiger partial charge is 0.481 e. The van der Waals surface area contributed by atoms with Crippen LogP contribution in [0.4, 0.5) is 0 Å². The van der Waals surface area contributed by atoms with Crippen molar-refractivity contribution < 1.29 is 9.90 Å². The molecule has 1 fully saturated rings. The molecule has 0 atom stereocenters. The fourth-order valence-electron chi connectivity index (χ4n) is 2.74. The Morgan fingerprint density at radius 2 is 2.15 bits per heavy atom. The van der Waals surface area contributed by atoms with Crippen molar-refractivity contribution >= 4 is 17.7 Å². The van der Waals surface area contributed by atoms with Gasteiger partial charge in [0.25, 0.3) is 5.56 Å². The van der Waals surface area contributed by atoms with E-state index in [2.05, 4.69) is 11.9 Å². The van der Waals surface area contributed by atoms with Crippen LogP contribution in [0, 0.1) is 5.92 Å². The number of aromatic nitrogens is 2. The van der Waals surface area contributed by atoms with Gasteiger partial charge in [-0.3, -0.25) is 9.59 Å². The molecule has 110 valence electrons. The third-order valence-corrected chi connectivity index (χ3v) is 4.87. The third-order valence-electron chi connectivity index (χ3n) is 3.92. The normalized spacial score (nSPS) is 22.6. The van der Waals surface area contributed by atoms with Crippen LogP contribution in [0.25, 0.3) is 0 Å². The van der Waals surface area contributed by atoms with Crippen molar-refractivity contribution in [3.63, 3.8) is 0 Å². The summed E-state index contributed by atoms with van der Waals surface area (Å²) in [4.78, 5) is 26.0. The zero-order valence-corrected chi connectivity index (χ0v) is 12.4. The summed E-state index contributed by atoms with van der Waals surface area (Å²) in [6.07, 6.45) is 7.51. The number of hydrogen-bond donors (Lipinski definition) is 1. The second-order valence-corrected chi connectivity index (χ2v) is 6.16. The Morgan fingerprint density at radius 3 is 2.75 bits per heavy atom. The lowest BCUT2D eigenvalue weighted by molar-refractivity contribution is -0.133. The first-order valence-corrected chi connectivity index (χ1v) is 8.02. The highest BCUT2D eigenvalue weighted by Gasteiger charge is 2.22. The molecule has 0 saturated heterocycles. The molecule has 20 heavy (non-hydrogen) atoms. The van der Waals surface area contributed by atoms with Crippen molar-refractivity contribution in [3.05, 3.63) is 22.6 Å². The molecule has 1 aromatic heterocycles.